The largest absolute Gasteiger partial charge is 0.452 e. The fourth-order valence-electron chi connectivity index (χ4n) is 3.22. The molecule has 0 radical (unpaired) electrons. The summed E-state index contributed by atoms with van der Waals surface area (Å²) < 4.78 is 38.1. The number of rotatable bonds is 8. The van der Waals surface area contributed by atoms with Gasteiger partial charge in [-0.1, -0.05) is 59.8 Å². The monoisotopic (exact) mass is 463 g/mol. The van der Waals surface area contributed by atoms with Crippen LogP contribution in [-0.2, 0) is 21.4 Å². The first-order chi connectivity index (χ1) is 16.0. The lowest BCUT2D eigenvalue weighted by atomic mass is 10.2. The van der Waals surface area contributed by atoms with Crippen LogP contribution in [0.4, 0.5) is 5.69 Å². The molecule has 0 bridgehead atoms. The van der Waals surface area contributed by atoms with E-state index in [0.29, 0.717) is 11.5 Å². The van der Waals surface area contributed by atoms with Crippen molar-refractivity contribution in [2.24, 2.45) is 0 Å². The van der Waals surface area contributed by atoms with Crippen LogP contribution in [0.5, 0.6) is 0 Å². The first-order valence-corrected chi connectivity index (χ1v) is 11.7. The third-order valence-corrected chi connectivity index (χ3v) is 6.71. The molecule has 0 unspecified atom stereocenters. The van der Waals surface area contributed by atoms with E-state index in [4.69, 9.17) is 9.26 Å². The lowest BCUT2D eigenvalue weighted by Gasteiger charge is -2.23. The van der Waals surface area contributed by atoms with E-state index >= 15 is 0 Å². The fourth-order valence-corrected chi connectivity index (χ4v) is 4.75. The molecule has 0 saturated carbocycles. The number of sulfonamides is 1. The number of hydrogen-bond donors (Lipinski definition) is 0. The van der Waals surface area contributed by atoms with Crippen molar-refractivity contribution in [3.8, 4) is 11.4 Å². The van der Waals surface area contributed by atoms with Crippen LogP contribution in [0.1, 0.15) is 23.2 Å². The van der Waals surface area contributed by atoms with Crippen LogP contribution in [0.3, 0.4) is 0 Å². The lowest BCUT2D eigenvalue weighted by molar-refractivity contribution is 0.0429. The number of para-hydroxylation sites is 1. The Kier molecular flexibility index (Phi) is 6.50. The minimum absolute atomic E-state index is 0.00759. The van der Waals surface area contributed by atoms with Crippen LogP contribution in [0.25, 0.3) is 11.4 Å². The third kappa shape index (κ3) is 4.93. The first-order valence-electron chi connectivity index (χ1n) is 10.2. The third-order valence-electron chi connectivity index (χ3n) is 4.82. The molecule has 0 saturated heterocycles. The first kappa shape index (κ1) is 22.2. The molecule has 0 spiro atoms. The van der Waals surface area contributed by atoms with Gasteiger partial charge in [0.05, 0.1) is 16.1 Å². The van der Waals surface area contributed by atoms with E-state index < -0.39 is 16.0 Å². The number of anilines is 1. The highest BCUT2D eigenvalue weighted by Crippen LogP contribution is 2.24. The topological polar surface area (TPSA) is 103 Å². The van der Waals surface area contributed by atoms with Gasteiger partial charge in [0, 0.05) is 12.1 Å². The van der Waals surface area contributed by atoms with Gasteiger partial charge in [0.2, 0.25) is 5.82 Å². The molecule has 0 aliphatic rings. The molecule has 0 aliphatic heterocycles. The Hall–Kier alpha value is -3.98. The van der Waals surface area contributed by atoms with Crippen LogP contribution in [-0.4, -0.2) is 31.1 Å². The zero-order chi connectivity index (χ0) is 23.3. The summed E-state index contributed by atoms with van der Waals surface area (Å²) in [5.41, 5.74) is 1.41. The molecule has 1 aromatic heterocycles. The molecule has 3 aromatic carbocycles. The van der Waals surface area contributed by atoms with E-state index in [1.807, 2.05) is 36.4 Å². The minimum Gasteiger partial charge on any atom is -0.452 e. The van der Waals surface area contributed by atoms with Crippen LogP contribution < -0.4 is 4.31 Å². The molecule has 9 heteroatoms. The van der Waals surface area contributed by atoms with Gasteiger partial charge in [0.1, 0.15) is 0 Å². The van der Waals surface area contributed by atoms with Crippen molar-refractivity contribution in [3.05, 3.63) is 96.4 Å². The van der Waals surface area contributed by atoms with Gasteiger partial charge in [-0.05, 0) is 37.3 Å². The molecular formula is C24H21N3O5S. The van der Waals surface area contributed by atoms with Crippen LogP contribution in [0.2, 0.25) is 0 Å². The van der Waals surface area contributed by atoms with E-state index in [1.165, 1.54) is 28.6 Å². The summed E-state index contributed by atoms with van der Waals surface area (Å²) in [5, 5.41) is 3.88. The molecule has 8 nitrogen and oxygen atoms in total. The normalized spacial score (nSPS) is 11.2. The minimum atomic E-state index is -3.87. The molecular weight excluding hydrogens is 442 g/mol. The van der Waals surface area contributed by atoms with Crippen molar-refractivity contribution in [1.82, 2.24) is 10.1 Å². The number of aromatic nitrogens is 2. The fraction of sp³-hybridized carbons (Fsp3) is 0.125. The van der Waals surface area contributed by atoms with Crippen molar-refractivity contribution in [1.29, 1.82) is 0 Å². The number of benzene rings is 3. The van der Waals surface area contributed by atoms with Crippen LogP contribution >= 0.6 is 0 Å². The molecule has 4 rings (SSSR count). The van der Waals surface area contributed by atoms with E-state index in [9.17, 15) is 13.2 Å². The predicted molar refractivity (Wildman–Crippen MR) is 122 cm³/mol. The predicted octanol–water partition coefficient (Wildman–Crippen LogP) is 4.31. The average Bonchev–Trinajstić information content (AvgIpc) is 3.33. The Labute approximate surface area is 191 Å². The van der Waals surface area contributed by atoms with Crippen molar-refractivity contribution < 1.29 is 22.5 Å². The van der Waals surface area contributed by atoms with E-state index in [2.05, 4.69) is 10.1 Å². The van der Waals surface area contributed by atoms with Crippen molar-refractivity contribution >= 4 is 21.7 Å². The maximum atomic E-state index is 13.2. The van der Waals surface area contributed by atoms with Crippen molar-refractivity contribution in [2.45, 2.75) is 18.4 Å². The number of esters is 1. The Balaban J connectivity index is 1.48. The van der Waals surface area contributed by atoms with Gasteiger partial charge in [0.25, 0.3) is 15.9 Å². The summed E-state index contributed by atoms with van der Waals surface area (Å²) in [4.78, 5) is 16.8. The summed E-state index contributed by atoms with van der Waals surface area (Å²) in [6.07, 6.45) is 0. The summed E-state index contributed by atoms with van der Waals surface area (Å²) >= 11 is 0. The van der Waals surface area contributed by atoms with E-state index in [-0.39, 0.29) is 29.5 Å². The molecule has 0 fully saturated rings. The Morgan fingerprint density at radius 2 is 1.67 bits per heavy atom. The number of nitrogens with zero attached hydrogens (tertiary/aromatic N) is 3. The Bertz CT molecular complexity index is 1340. The number of carbonyl (C=O) groups is 1. The summed E-state index contributed by atoms with van der Waals surface area (Å²) in [7, 11) is -3.87. The summed E-state index contributed by atoms with van der Waals surface area (Å²) in [6.45, 7) is 1.75. The van der Waals surface area contributed by atoms with Gasteiger partial charge in [-0.25, -0.2) is 13.2 Å². The van der Waals surface area contributed by atoms with Crippen molar-refractivity contribution in [2.75, 3.05) is 10.8 Å². The Morgan fingerprint density at radius 3 is 2.36 bits per heavy atom. The highest BCUT2D eigenvalue weighted by molar-refractivity contribution is 7.92. The number of carbonyl (C=O) groups excluding carboxylic acids is 1. The zero-order valence-electron chi connectivity index (χ0n) is 17.8. The average molecular weight is 464 g/mol. The van der Waals surface area contributed by atoms with Crippen LogP contribution in [0, 0.1) is 0 Å². The van der Waals surface area contributed by atoms with Gasteiger partial charge < -0.3 is 9.26 Å². The number of hydrogen-bond acceptors (Lipinski definition) is 7. The standard InChI is InChI=1S/C24H21N3O5S/c1-2-27(20-13-7-4-8-14-20)33(29,30)21-15-9-12-19(16-21)24(28)31-17-22-25-23(26-32-22)18-10-5-3-6-11-18/h3-16H,2,17H2,1H3. The van der Waals surface area contributed by atoms with E-state index in [1.54, 1.807) is 31.2 Å². The molecule has 0 N–H and O–H groups in total. The number of ether oxygens (including phenoxy) is 1. The second kappa shape index (κ2) is 9.66. The van der Waals surface area contributed by atoms with Gasteiger partial charge in [0.15, 0.2) is 6.61 Å². The van der Waals surface area contributed by atoms with Gasteiger partial charge >= 0.3 is 5.97 Å². The smallest absolute Gasteiger partial charge is 0.338 e. The second-order valence-corrected chi connectivity index (χ2v) is 8.85. The molecule has 168 valence electrons. The van der Waals surface area contributed by atoms with Crippen molar-refractivity contribution in [3.63, 3.8) is 0 Å². The highest BCUT2D eigenvalue weighted by Gasteiger charge is 2.24. The lowest BCUT2D eigenvalue weighted by Crippen LogP contribution is -2.30. The quantitative estimate of drug-likeness (QED) is 0.359. The second-order valence-electron chi connectivity index (χ2n) is 6.99. The van der Waals surface area contributed by atoms with Gasteiger partial charge in [-0.15, -0.1) is 0 Å². The van der Waals surface area contributed by atoms with Gasteiger partial charge in [-0.2, -0.15) is 4.98 Å². The molecule has 0 aliphatic carbocycles. The maximum Gasteiger partial charge on any atom is 0.338 e. The highest BCUT2D eigenvalue weighted by atomic mass is 32.2. The molecule has 0 atom stereocenters. The molecule has 4 aromatic rings. The van der Waals surface area contributed by atoms with E-state index in [0.717, 1.165) is 5.56 Å². The molecule has 0 amide bonds. The van der Waals surface area contributed by atoms with Gasteiger partial charge in [-0.3, -0.25) is 4.31 Å². The molecule has 1 heterocycles. The van der Waals surface area contributed by atoms with Crippen LogP contribution in [0.15, 0.2) is 94.3 Å². The SMILES string of the molecule is CCN(c1ccccc1)S(=O)(=O)c1cccc(C(=O)OCc2nc(-c3ccccc3)no2)c1. The summed E-state index contributed by atoms with van der Waals surface area (Å²) in [6, 6.07) is 23.8. The summed E-state index contributed by atoms with van der Waals surface area (Å²) in [5.74, 6) is -0.184. The molecule has 33 heavy (non-hydrogen) atoms. The Morgan fingerprint density at radius 1 is 0.970 bits per heavy atom. The maximum absolute atomic E-state index is 13.2. The zero-order valence-corrected chi connectivity index (χ0v) is 18.6.